The van der Waals surface area contributed by atoms with E-state index in [4.69, 9.17) is 4.42 Å². The molecule has 1 aliphatic heterocycles. The highest BCUT2D eigenvalue weighted by Crippen LogP contribution is 2.23. The highest BCUT2D eigenvalue weighted by molar-refractivity contribution is 6.07. The van der Waals surface area contributed by atoms with Gasteiger partial charge in [0.15, 0.2) is 0 Å². The van der Waals surface area contributed by atoms with Crippen LogP contribution in [0.15, 0.2) is 28.7 Å². The third-order valence-corrected chi connectivity index (χ3v) is 5.89. The van der Waals surface area contributed by atoms with Crippen LogP contribution in [0.25, 0.3) is 0 Å². The second-order valence-corrected chi connectivity index (χ2v) is 7.94. The van der Waals surface area contributed by atoms with Crippen molar-refractivity contribution in [2.45, 2.75) is 26.8 Å². The Labute approximate surface area is 197 Å². The Hall–Kier alpha value is -3.27. The van der Waals surface area contributed by atoms with Crippen molar-refractivity contribution in [3.05, 3.63) is 58.5 Å². The lowest BCUT2D eigenvalue weighted by atomic mass is 10.0. The van der Waals surface area contributed by atoms with Crippen molar-refractivity contribution >= 4 is 17.8 Å². The molecular formula is C24H29F2N3O5. The van der Waals surface area contributed by atoms with E-state index in [0.717, 1.165) is 12.1 Å². The molecule has 34 heavy (non-hydrogen) atoms. The minimum Gasteiger partial charge on any atom is -0.463 e. The van der Waals surface area contributed by atoms with Crippen LogP contribution in [0.5, 0.6) is 0 Å². The molecule has 0 N–H and O–H groups in total. The summed E-state index contributed by atoms with van der Waals surface area (Å²) in [6, 6.07) is 4.98. The highest BCUT2D eigenvalue weighted by Gasteiger charge is 2.31. The van der Waals surface area contributed by atoms with Gasteiger partial charge in [0.25, 0.3) is 11.8 Å². The molecule has 2 heterocycles. The molecule has 184 valence electrons. The van der Waals surface area contributed by atoms with E-state index in [9.17, 15) is 23.2 Å². The van der Waals surface area contributed by atoms with Gasteiger partial charge >= 0.3 is 5.97 Å². The smallest absolute Gasteiger partial charge is 0.373 e. The summed E-state index contributed by atoms with van der Waals surface area (Å²) < 4.78 is 39.6. The molecule has 0 bridgehead atoms. The fraction of sp³-hybridized carbons (Fsp3) is 0.458. The second kappa shape index (κ2) is 11.2. The summed E-state index contributed by atoms with van der Waals surface area (Å²) in [7, 11) is 1.27. The molecule has 1 aromatic carbocycles. The number of esters is 1. The van der Waals surface area contributed by atoms with Gasteiger partial charge < -0.3 is 19.0 Å². The quantitative estimate of drug-likeness (QED) is 0.570. The molecule has 0 unspecified atom stereocenters. The lowest BCUT2D eigenvalue weighted by Gasteiger charge is -2.25. The van der Waals surface area contributed by atoms with Gasteiger partial charge in [-0.2, -0.15) is 0 Å². The minimum absolute atomic E-state index is 0.108. The van der Waals surface area contributed by atoms with Crippen LogP contribution in [0, 0.1) is 11.6 Å². The molecular weight excluding hydrogens is 448 g/mol. The number of halogens is 2. The van der Waals surface area contributed by atoms with Gasteiger partial charge in [-0.1, -0.05) is 0 Å². The van der Waals surface area contributed by atoms with E-state index in [0.29, 0.717) is 51.4 Å². The molecule has 10 heteroatoms. The Bertz CT molecular complexity index is 1050. The van der Waals surface area contributed by atoms with E-state index in [1.54, 1.807) is 19.9 Å². The van der Waals surface area contributed by atoms with Crippen molar-refractivity contribution in [2.24, 2.45) is 0 Å². The van der Waals surface area contributed by atoms with E-state index in [-0.39, 0.29) is 12.3 Å². The molecule has 1 fully saturated rings. The highest BCUT2D eigenvalue weighted by atomic mass is 19.1. The largest absolute Gasteiger partial charge is 0.463 e. The fourth-order valence-corrected chi connectivity index (χ4v) is 4.02. The molecule has 1 aliphatic rings. The van der Waals surface area contributed by atoms with Crippen molar-refractivity contribution in [1.29, 1.82) is 0 Å². The summed E-state index contributed by atoms with van der Waals surface area (Å²) in [5, 5.41) is 0. The zero-order valence-electron chi connectivity index (χ0n) is 19.6. The molecule has 0 aliphatic carbocycles. The predicted octanol–water partition coefficient (Wildman–Crippen LogP) is 3.17. The van der Waals surface area contributed by atoms with Crippen molar-refractivity contribution in [2.75, 3.05) is 46.4 Å². The zero-order chi connectivity index (χ0) is 24.8. The Morgan fingerprint density at radius 1 is 0.971 bits per heavy atom. The lowest BCUT2D eigenvalue weighted by molar-refractivity contribution is 0.0560. The van der Waals surface area contributed by atoms with Gasteiger partial charge in [0.2, 0.25) is 5.76 Å². The molecule has 0 spiro atoms. The third kappa shape index (κ3) is 5.44. The first kappa shape index (κ1) is 25.4. The first-order valence-corrected chi connectivity index (χ1v) is 11.3. The number of amides is 2. The van der Waals surface area contributed by atoms with Crippen LogP contribution in [-0.2, 0) is 11.3 Å². The fourth-order valence-electron chi connectivity index (χ4n) is 4.02. The van der Waals surface area contributed by atoms with Crippen molar-refractivity contribution in [1.82, 2.24) is 14.7 Å². The normalized spacial score (nSPS) is 14.6. The van der Waals surface area contributed by atoms with Gasteiger partial charge in [-0.25, -0.2) is 13.6 Å². The molecule has 0 radical (unpaired) electrons. The average molecular weight is 478 g/mol. The van der Waals surface area contributed by atoms with Crippen LogP contribution in [0.1, 0.15) is 57.3 Å². The monoisotopic (exact) mass is 477 g/mol. The molecule has 2 amide bonds. The molecule has 2 aromatic rings. The maximum Gasteiger partial charge on any atom is 0.373 e. The van der Waals surface area contributed by atoms with Crippen LogP contribution in [0.2, 0.25) is 0 Å². The summed E-state index contributed by atoms with van der Waals surface area (Å²) in [5.74, 6) is -3.14. The molecule has 8 nitrogen and oxygen atoms in total. The van der Waals surface area contributed by atoms with E-state index in [1.165, 1.54) is 23.0 Å². The van der Waals surface area contributed by atoms with Crippen LogP contribution < -0.4 is 0 Å². The van der Waals surface area contributed by atoms with E-state index < -0.39 is 40.5 Å². The second-order valence-electron chi connectivity index (χ2n) is 7.94. The SMILES string of the molecule is CCN(CC)C(=O)c1c(F)ccc(F)c1C(=O)N1CCCN(Cc2ccc(C(=O)OC)o2)CC1. The van der Waals surface area contributed by atoms with E-state index in [1.807, 2.05) is 4.90 Å². The number of rotatable bonds is 7. The maximum absolute atomic E-state index is 14.8. The molecule has 1 aromatic heterocycles. The van der Waals surface area contributed by atoms with E-state index in [2.05, 4.69) is 4.74 Å². The first-order valence-electron chi connectivity index (χ1n) is 11.3. The van der Waals surface area contributed by atoms with Gasteiger partial charge in [0, 0.05) is 39.3 Å². The van der Waals surface area contributed by atoms with Crippen molar-refractivity contribution in [3.8, 4) is 0 Å². The van der Waals surface area contributed by atoms with E-state index >= 15 is 0 Å². The summed E-state index contributed by atoms with van der Waals surface area (Å²) in [5.41, 5.74) is -1.06. The molecule has 1 saturated heterocycles. The van der Waals surface area contributed by atoms with Gasteiger partial charge in [-0.15, -0.1) is 0 Å². The zero-order valence-corrected chi connectivity index (χ0v) is 19.6. The van der Waals surface area contributed by atoms with Gasteiger partial charge in [0.05, 0.1) is 24.8 Å². The summed E-state index contributed by atoms with van der Waals surface area (Å²) in [6.45, 7) is 6.18. The minimum atomic E-state index is -0.922. The van der Waals surface area contributed by atoms with Crippen LogP contribution in [-0.4, -0.2) is 78.9 Å². The number of furan rings is 1. The van der Waals surface area contributed by atoms with Crippen molar-refractivity contribution in [3.63, 3.8) is 0 Å². The Morgan fingerprint density at radius 2 is 1.65 bits per heavy atom. The lowest BCUT2D eigenvalue weighted by Crippen LogP contribution is -2.38. The Morgan fingerprint density at radius 3 is 2.29 bits per heavy atom. The number of ether oxygens (including phenoxy) is 1. The number of hydrogen-bond donors (Lipinski definition) is 0. The number of carbonyl (C=O) groups is 3. The van der Waals surface area contributed by atoms with Crippen LogP contribution in [0.3, 0.4) is 0 Å². The summed E-state index contributed by atoms with van der Waals surface area (Å²) in [4.78, 5) is 42.6. The molecule has 0 saturated carbocycles. The molecule has 0 atom stereocenters. The Kier molecular flexibility index (Phi) is 8.38. The number of hydrogen-bond acceptors (Lipinski definition) is 6. The van der Waals surface area contributed by atoms with Crippen molar-refractivity contribution < 1.29 is 32.3 Å². The van der Waals surface area contributed by atoms with Crippen LogP contribution >= 0.6 is 0 Å². The molecule has 3 rings (SSSR count). The number of nitrogens with zero attached hydrogens (tertiary/aromatic N) is 3. The number of carbonyl (C=O) groups excluding carboxylic acids is 3. The van der Waals surface area contributed by atoms with Gasteiger partial charge in [-0.3, -0.25) is 14.5 Å². The number of benzene rings is 1. The maximum atomic E-state index is 14.8. The predicted molar refractivity (Wildman–Crippen MR) is 119 cm³/mol. The van der Waals surface area contributed by atoms with Gasteiger partial charge in [-0.05, 0) is 44.5 Å². The van der Waals surface area contributed by atoms with Gasteiger partial charge in [0.1, 0.15) is 17.4 Å². The average Bonchev–Trinajstić information content (AvgIpc) is 3.17. The Balaban J connectivity index is 1.76. The third-order valence-electron chi connectivity index (χ3n) is 5.89. The topological polar surface area (TPSA) is 83.3 Å². The number of methoxy groups -OCH3 is 1. The standard InChI is InChI=1S/C24H29F2N3O5/c1-4-28(5-2)22(30)20-17(25)8-9-18(26)21(20)23(31)29-12-6-11-27(13-14-29)15-16-7-10-19(34-16)24(32)33-3/h7-10H,4-6,11-15H2,1-3H3. The summed E-state index contributed by atoms with van der Waals surface area (Å²) >= 11 is 0. The summed E-state index contributed by atoms with van der Waals surface area (Å²) in [6.07, 6.45) is 0.590. The van der Waals surface area contributed by atoms with Crippen LogP contribution in [0.4, 0.5) is 8.78 Å². The first-order chi connectivity index (χ1) is 16.3.